The van der Waals surface area contributed by atoms with Crippen molar-refractivity contribution in [3.63, 3.8) is 0 Å². The zero-order valence-corrected chi connectivity index (χ0v) is 21.1. The first-order valence-corrected chi connectivity index (χ1v) is 11.9. The number of piperidine rings is 1. The molecule has 0 aromatic carbocycles. The SMILES string of the molecule is CCNC(=NCC(NC(=O)OC(C)(C)C)C(C)C)NC1CCN(CCOC(C)C)CC1. The van der Waals surface area contributed by atoms with Crippen molar-refractivity contribution in [2.24, 2.45) is 10.9 Å². The summed E-state index contributed by atoms with van der Waals surface area (Å²) in [5.41, 5.74) is -0.513. The first-order valence-electron chi connectivity index (χ1n) is 11.9. The summed E-state index contributed by atoms with van der Waals surface area (Å²) in [4.78, 5) is 19.4. The van der Waals surface area contributed by atoms with E-state index in [0.717, 1.165) is 51.6 Å². The molecule has 0 aromatic rings. The van der Waals surface area contributed by atoms with Crippen LogP contribution in [0.2, 0.25) is 0 Å². The lowest BCUT2D eigenvalue weighted by molar-refractivity contribution is 0.0493. The minimum absolute atomic E-state index is 0.0897. The van der Waals surface area contributed by atoms with Crippen LogP contribution in [0.1, 0.15) is 68.2 Å². The van der Waals surface area contributed by atoms with E-state index >= 15 is 0 Å². The summed E-state index contributed by atoms with van der Waals surface area (Å²) in [5.74, 6) is 1.05. The van der Waals surface area contributed by atoms with Gasteiger partial charge in [0.2, 0.25) is 0 Å². The second-order valence-electron chi connectivity index (χ2n) is 9.90. The van der Waals surface area contributed by atoms with Gasteiger partial charge in [0.05, 0.1) is 25.3 Å². The molecule has 1 atom stereocenters. The Morgan fingerprint density at radius 2 is 1.81 bits per heavy atom. The molecule has 0 radical (unpaired) electrons. The normalized spacial score (nSPS) is 17.7. The molecule has 1 heterocycles. The van der Waals surface area contributed by atoms with Gasteiger partial charge in [0.1, 0.15) is 5.60 Å². The van der Waals surface area contributed by atoms with Gasteiger partial charge >= 0.3 is 6.09 Å². The Hall–Kier alpha value is -1.54. The smallest absolute Gasteiger partial charge is 0.407 e. The summed E-state index contributed by atoms with van der Waals surface area (Å²) in [5, 5.41) is 9.87. The van der Waals surface area contributed by atoms with Crippen molar-refractivity contribution in [1.29, 1.82) is 0 Å². The van der Waals surface area contributed by atoms with Crippen LogP contribution in [0, 0.1) is 5.92 Å². The highest BCUT2D eigenvalue weighted by molar-refractivity contribution is 5.80. The van der Waals surface area contributed by atoms with Crippen molar-refractivity contribution in [2.45, 2.75) is 92.0 Å². The number of alkyl carbamates (subject to hydrolysis) is 1. The largest absolute Gasteiger partial charge is 0.444 e. The van der Waals surface area contributed by atoms with E-state index in [4.69, 9.17) is 14.5 Å². The molecule has 1 rings (SSSR count). The summed E-state index contributed by atoms with van der Waals surface area (Å²) in [6.45, 7) is 21.2. The van der Waals surface area contributed by atoms with Crippen molar-refractivity contribution in [1.82, 2.24) is 20.9 Å². The first kappa shape index (κ1) is 27.5. The van der Waals surface area contributed by atoms with Crippen molar-refractivity contribution in [2.75, 3.05) is 39.3 Å². The standard InChI is InChI=1S/C23H47N5O3/c1-9-24-21(25-16-20(17(2)3)27-22(29)31-23(6,7)8)26-19-10-12-28(13-11-19)14-15-30-18(4)5/h17-20H,9-16H2,1-8H3,(H,27,29)(H2,24,25,26). The minimum atomic E-state index is -0.513. The maximum atomic E-state index is 12.2. The summed E-state index contributed by atoms with van der Waals surface area (Å²) in [6, 6.07) is 0.310. The van der Waals surface area contributed by atoms with Crippen molar-refractivity contribution in [3.05, 3.63) is 0 Å². The van der Waals surface area contributed by atoms with E-state index in [1.807, 2.05) is 20.8 Å². The Bertz CT molecular complexity index is 538. The van der Waals surface area contributed by atoms with Crippen molar-refractivity contribution in [3.8, 4) is 0 Å². The number of aliphatic imine (C=N–C) groups is 1. The maximum Gasteiger partial charge on any atom is 0.407 e. The van der Waals surface area contributed by atoms with Crippen molar-refractivity contribution < 1.29 is 14.3 Å². The van der Waals surface area contributed by atoms with Gasteiger partial charge in [-0.1, -0.05) is 13.8 Å². The highest BCUT2D eigenvalue weighted by Gasteiger charge is 2.23. The molecule has 1 amide bonds. The summed E-state index contributed by atoms with van der Waals surface area (Å²) < 4.78 is 11.1. The van der Waals surface area contributed by atoms with E-state index < -0.39 is 11.7 Å². The summed E-state index contributed by atoms with van der Waals surface area (Å²) >= 11 is 0. The zero-order chi connectivity index (χ0) is 23.4. The van der Waals surface area contributed by atoms with Crippen LogP contribution in [-0.4, -0.2) is 80.1 Å². The number of guanidine groups is 1. The highest BCUT2D eigenvalue weighted by atomic mass is 16.6. The lowest BCUT2D eigenvalue weighted by Gasteiger charge is -2.33. The lowest BCUT2D eigenvalue weighted by Crippen LogP contribution is -2.50. The fourth-order valence-corrected chi connectivity index (χ4v) is 3.30. The molecule has 0 aliphatic carbocycles. The van der Waals surface area contributed by atoms with Crippen molar-refractivity contribution >= 4 is 12.1 Å². The molecule has 8 nitrogen and oxygen atoms in total. The maximum absolute atomic E-state index is 12.2. The van der Waals surface area contributed by atoms with Gasteiger partial charge in [-0.2, -0.15) is 0 Å². The fourth-order valence-electron chi connectivity index (χ4n) is 3.30. The number of nitrogens with zero attached hydrogens (tertiary/aromatic N) is 2. The zero-order valence-electron chi connectivity index (χ0n) is 21.1. The molecule has 1 unspecified atom stereocenters. The molecule has 1 saturated heterocycles. The van der Waals surface area contributed by atoms with Crippen LogP contribution in [0.3, 0.4) is 0 Å². The number of amides is 1. The van der Waals surface area contributed by atoms with E-state index in [2.05, 4.69) is 55.5 Å². The van der Waals surface area contributed by atoms with Gasteiger partial charge in [0, 0.05) is 32.2 Å². The Kier molecular flexibility index (Phi) is 12.2. The molecule has 1 aliphatic heterocycles. The average molecular weight is 442 g/mol. The number of nitrogens with one attached hydrogen (secondary N) is 3. The van der Waals surface area contributed by atoms with E-state index in [-0.39, 0.29) is 18.1 Å². The van der Waals surface area contributed by atoms with E-state index in [1.54, 1.807) is 0 Å². The molecule has 31 heavy (non-hydrogen) atoms. The van der Waals surface area contributed by atoms with E-state index in [9.17, 15) is 4.79 Å². The third kappa shape index (κ3) is 12.8. The van der Waals surface area contributed by atoms with Crippen LogP contribution in [0.25, 0.3) is 0 Å². The molecule has 0 spiro atoms. The predicted octanol–water partition coefficient (Wildman–Crippen LogP) is 2.98. The monoisotopic (exact) mass is 441 g/mol. The summed E-state index contributed by atoms with van der Waals surface area (Å²) in [7, 11) is 0. The van der Waals surface area contributed by atoms with E-state index in [0.29, 0.717) is 12.6 Å². The van der Waals surface area contributed by atoms with Gasteiger partial charge in [-0.05, 0) is 60.3 Å². The van der Waals surface area contributed by atoms with Crippen LogP contribution in [0.15, 0.2) is 4.99 Å². The third-order valence-electron chi connectivity index (χ3n) is 5.08. The van der Waals surface area contributed by atoms with Crippen LogP contribution in [-0.2, 0) is 9.47 Å². The molecule has 8 heteroatoms. The Balaban J connectivity index is 2.54. The van der Waals surface area contributed by atoms with Crippen LogP contribution in [0.5, 0.6) is 0 Å². The summed E-state index contributed by atoms with van der Waals surface area (Å²) in [6.07, 6.45) is 2.05. The highest BCUT2D eigenvalue weighted by Crippen LogP contribution is 2.11. The second kappa shape index (κ2) is 13.8. The topological polar surface area (TPSA) is 87.2 Å². The predicted molar refractivity (Wildman–Crippen MR) is 128 cm³/mol. The molecule has 3 N–H and O–H groups in total. The van der Waals surface area contributed by atoms with Gasteiger partial charge in [-0.15, -0.1) is 0 Å². The first-order chi connectivity index (χ1) is 14.5. The molecule has 0 aromatic heterocycles. The molecule has 182 valence electrons. The minimum Gasteiger partial charge on any atom is -0.444 e. The van der Waals surface area contributed by atoms with Gasteiger partial charge in [-0.3, -0.25) is 4.99 Å². The number of likely N-dealkylation sites (tertiary alicyclic amines) is 1. The molecule has 1 fully saturated rings. The molecule has 1 aliphatic rings. The van der Waals surface area contributed by atoms with E-state index in [1.165, 1.54) is 0 Å². The van der Waals surface area contributed by atoms with Gasteiger partial charge in [0.15, 0.2) is 5.96 Å². The Morgan fingerprint density at radius 1 is 1.16 bits per heavy atom. The second-order valence-corrected chi connectivity index (χ2v) is 9.90. The molecular formula is C23H47N5O3. The molecule has 0 bridgehead atoms. The lowest BCUT2D eigenvalue weighted by atomic mass is 10.0. The van der Waals surface area contributed by atoms with Gasteiger partial charge in [0.25, 0.3) is 0 Å². The fraction of sp³-hybridized carbons (Fsp3) is 0.913. The molecular weight excluding hydrogens is 394 g/mol. The average Bonchev–Trinajstić information content (AvgIpc) is 2.64. The third-order valence-corrected chi connectivity index (χ3v) is 5.08. The number of carbonyl (C=O) groups is 1. The molecule has 0 saturated carbocycles. The number of hydrogen-bond donors (Lipinski definition) is 3. The van der Waals surface area contributed by atoms with Crippen LogP contribution in [0.4, 0.5) is 4.79 Å². The number of carbonyl (C=O) groups excluding carboxylic acids is 1. The number of hydrogen-bond acceptors (Lipinski definition) is 5. The Labute approximate surface area is 189 Å². The van der Waals surface area contributed by atoms with Crippen LogP contribution >= 0.6 is 0 Å². The Morgan fingerprint density at radius 3 is 2.32 bits per heavy atom. The quantitative estimate of drug-likeness (QED) is 0.357. The van der Waals surface area contributed by atoms with Gasteiger partial charge in [-0.25, -0.2) is 4.79 Å². The van der Waals surface area contributed by atoms with Gasteiger partial charge < -0.3 is 30.3 Å². The number of ether oxygens (including phenoxy) is 2. The van der Waals surface area contributed by atoms with Crippen LogP contribution < -0.4 is 16.0 Å². The number of rotatable bonds is 10.